The van der Waals surface area contributed by atoms with Gasteiger partial charge in [-0.15, -0.1) is 0 Å². The van der Waals surface area contributed by atoms with Crippen LogP contribution in [0.1, 0.15) is 44.7 Å². The number of nitrogens with zero attached hydrogens (tertiary/aromatic N) is 2. The Bertz CT molecular complexity index is 228. The lowest BCUT2D eigenvalue weighted by Gasteiger charge is -2.01. The summed E-state index contributed by atoms with van der Waals surface area (Å²) in [6.07, 6.45) is 9.81. The van der Waals surface area contributed by atoms with Crippen molar-refractivity contribution in [3.8, 4) is 0 Å². The van der Waals surface area contributed by atoms with Gasteiger partial charge in [-0.05, 0) is 18.9 Å². The molecule has 0 radical (unpaired) electrons. The lowest BCUT2D eigenvalue weighted by molar-refractivity contribution is 0.610. The number of aromatic nitrogens is 2. The van der Waals surface area contributed by atoms with E-state index in [4.69, 9.17) is 0 Å². The van der Waals surface area contributed by atoms with Gasteiger partial charge < -0.3 is 0 Å². The minimum atomic E-state index is 1.18. The molecule has 0 saturated heterocycles. The first-order valence-electron chi connectivity index (χ1n) is 5.31. The topological polar surface area (TPSA) is 17.8 Å². The summed E-state index contributed by atoms with van der Waals surface area (Å²) in [6.45, 7) is 2.25. The zero-order chi connectivity index (χ0) is 9.52. The molecular formula is C11H20N2. The van der Waals surface area contributed by atoms with Gasteiger partial charge in [-0.25, -0.2) is 0 Å². The lowest BCUT2D eigenvalue weighted by Crippen LogP contribution is -1.97. The summed E-state index contributed by atoms with van der Waals surface area (Å²) >= 11 is 0. The van der Waals surface area contributed by atoms with Gasteiger partial charge in [0.1, 0.15) is 0 Å². The molecule has 2 heteroatoms. The van der Waals surface area contributed by atoms with Gasteiger partial charge in [0.15, 0.2) is 0 Å². The van der Waals surface area contributed by atoms with E-state index in [-0.39, 0.29) is 0 Å². The molecule has 1 heterocycles. The highest BCUT2D eigenvalue weighted by atomic mass is 15.2. The van der Waals surface area contributed by atoms with Crippen LogP contribution in [0, 0.1) is 0 Å². The van der Waals surface area contributed by atoms with E-state index in [9.17, 15) is 0 Å². The molecule has 0 amide bonds. The number of rotatable bonds is 6. The van der Waals surface area contributed by atoms with Crippen molar-refractivity contribution >= 4 is 0 Å². The first-order valence-corrected chi connectivity index (χ1v) is 5.31. The van der Waals surface area contributed by atoms with Gasteiger partial charge in [-0.1, -0.05) is 32.6 Å². The van der Waals surface area contributed by atoms with Crippen molar-refractivity contribution in [2.45, 2.75) is 45.4 Å². The van der Waals surface area contributed by atoms with E-state index in [0.29, 0.717) is 0 Å². The molecule has 1 aromatic heterocycles. The van der Waals surface area contributed by atoms with Gasteiger partial charge in [-0.3, -0.25) is 4.68 Å². The van der Waals surface area contributed by atoms with Crippen LogP contribution in [0.5, 0.6) is 0 Å². The summed E-state index contributed by atoms with van der Waals surface area (Å²) in [4.78, 5) is 0. The van der Waals surface area contributed by atoms with Crippen LogP contribution >= 0.6 is 0 Å². The van der Waals surface area contributed by atoms with Gasteiger partial charge in [-0.2, -0.15) is 5.10 Å². The molecule has 0 bridgehead atoms. The summed E-state index contributed by atoms with van der Waals surface area (Å²) in [5.41, 5.74) is 1.36. The van der Waals surface area contributed by atoms with E-state index in [1.807, 2.05) is 17.9 Å². The van der Waals surface area contributed by atoms with Gasteiger partial charge in [0, 0.05) is 18.9 Å². The van der Waals surface area contributed by atoms with Crippen LogP contribution in [0.4, 0.5) is 0 Å². The van der Waals surface area contributed by atoms with Crippen LogP contribution < -0.4 is 0 Å². The van der Waals surface area contributed by atoms with E-state index >= 15 is 0 Å². The number of aryl methyl sites for hydroxylation is 2. The van der Waals surface area contributed by atoms with E-state index in [2.05, 4.69) is 18.1 Å². The summed E-state index contributed by atoms with van der Waals surface area (Å²) < 4.78 is 1.97. The summed E-state index contributed by atoms with van der Waals surface area (Å²) in [5.74, 6) is 0. The maximum absolute atomic E-state index is 4.15. The van der Waals surface area contributed by atoms with E-state index in [1.165, 1.54) is 44.2 Å². The predicted molar refractivity (Wildman–Crippen MR) is 55.7 cm³/mol. The molecule has 2 nitrogen and oxygen atoms in total. The predicted octanol–water partition coefficient (Wildman–Crippen LogP) is 2.93. The molecular weight excluding hydrogens is 160 g/mol. The minimum absolute atomic E-state index is 1.18. The molecule has 1 aromatic rings. The quantitative estimate of drug-likeness (QED) is 0.615. The Balaban J connectivity index is 2.10. The second-order valence-corrected chi connectivity index (χ2v) is 3.61. The molecule has 0 aromatic carbocycles. The zero-order valence-electron chi connectivity index (χ0n) is 8.79. The molecule has 0 aliphatic rings. The van der Waals surface area contributed by atoms with Crippen LogP contribution in [0.3, 0.4) is 0 Å². The standard InChI is InChI=1S/C11H20N2/c1-3-4-5-6-7-8-11-9-10-12-13(11)2/h9-10H,3-8H2,1-2H3. The monoisotopic (exact) mass is 180 g/mol. The Labute approximate surface area is 81.0 Å². The van der Waals surface area contributed by atoms with Gasteiger partial charge in [0.05, 0.1) is 0 Å². The second-order valence-electron chi connectivity index (χ2n) is 3.61. The molecule has 0 atom stereocenters. The van der Waals surface area contributed by atoms with Crippen molar-refractivity contribution in [3.63, 3.8) is 0 Å². The maximum atomic E-state index is 4.15. The molecule has 0 spiro atoms. The smallest absolute Gasteiger partial charge is 0.0492 e. The average Bonchev–Trinajstić information content (AvgIpc) is 2.52. The molecule has 1 rings (SSSR count). The van der Waals surface area contributed by atoms with Crippen molar-refractivity contribution in [1.82, 2.24) is 9.78 Å². The highest BCUT2D eigenvalue weighted by molar-refractivity contribution is 4.99. The van der Waals surface area contributed by atoms with Gasteiger partial charge in [0.2, 0.25) is 0 Å². The largest absolute Gasteiger partial charge is 0.273 e. The second kappa shape index (κ2) is 5.79. The van der Waals surface area contributed by atoms with Crippen LogP contribution in [-0.2, 0) is 13.5 Å². The third-order valence-corrected chi connectivity index (χ3v) is 2.46. The van der Waals surface area contributed by atoms with Crippen molar-refractivity contribution < 1.29 is 0 Å². The van der Waals surface area contributed by atoms with Gasteiger partial charge in [0.25, 0.3) is 0 Å². The fourth-order valence-corrected chi connectivity index (χ4v) is 1.56. The Morgan fingerprint density at radius 3 is 2.62 bits per heavy atom. The summed E-state index contributed by atoms with van der Waals surface area (Å²) in [7, 11) is 2.02. The first kappa shape index (κ1) is 10.3. The van der Waals surface area contributed by atoms with E-state index in [0.717, 1.165) is 0 Å². The number of unbranched alkanes of at least 4 members (excludes halogenated alkanes) is 4. The lowest BCUT2D eigenvalue weighted by atomic mass is 10.1. The Morgan fingerprint density at radius 2 is 2.00 bits per heavy atom. The Morgan fingerprint density at radius 1 is 1.23 bits per heavy atom. The van der Waals surface area contributed by atoms with Crippen molar-refractivity contribution in [3.05, 3.63) is 18.0 Å². The SMILES string of the molecule is CCCCCCCc1ccnn1C. The fraction of sp³-hybridized carbons (Fsp3) is 0.727. The van der Waals surface area contributed by atoms with Crippen LogP contribution in [-0.4, -0.2) is 9.78 Å². The minimum Gasteiger partial charge on any atom is -0.273 e. The third-order valence-electron chi connectivity index (χ3n) is 2.46. The highest BCUT2D eigenvalue weighted by Gasteiger charge is 1.97. The molecule has 0 N–H and O–H groups in total. The normalized spacial score (nSPS) is 10.6. The van der Waals surface area contributed by atoms with Crippen LogP contribution in [0.25, 0.3) is 0 Å². The van der Waals surface area contributed by atoms with E-state index in [1.54, 1.807) is 0 Å². The highest BCUT2D eigenvalue weighted by Crippen LogP contribution is 2.07. The van der Waals surface area contributed by atoms with Crippen molar-refractivity contribution in [2.24, 2.45) is 7.05 Å². The number of hydrogen-bond donors (Lipinski definition) is 0. The Kier molecular flexibility index (Phi) is 4.58. The third kappa shape index (κ3) is 3.62. The molecule has 0 aliphatic carbocycles. The number of hydrogen-bond acceptors (Lipinski definition) is 1. The van der Waals surface area contributed by atoms with E-state index < -0.39 is 0 Å². The molecule has 0 fully saturated rings. The summed E-state index contributed by atoms with van der Waals surface area (Å²) in [6, 6.07) is 2.11. The van der Waals surface area contributed by atoms with Gasteiger partial charge >= 0.3 is 0 Å². The van der Waals surface area contributed by atoms with Crippen LogP contribution in [0.2, 0.25) is 0 Å². The fourth-order valence-electron chi connectivity index (χ4n) is 1.56. The first-order chi connectivity index (χ1) is 6.34. The molecule has 13 heavy (non-hydrogen) atoms. The average molecular weight is 180 g/mol. The molecule has 0 aliphatic heterocycles. The van der Waals surface area contributed by atoms with Crippen molar-refractivity contribution in [1.29, 1.82) is 0 Å². The Hall–Kier alpha value is -0.790. The maximum Gasteiger partial charge on any atom is 0.0492 e. The van der Waals surface area contributed by atoms with Crippen LogP contribution in [0.15, 0.2) is 12.3 Å². The molecule has 74 valence electrons. The molecule has 0 saturated carbocycles. The zero-order valence-corrected chi connectivity index (χ0v) is 8.79. The van der Waals surface area contributed by atoms with Crippen molar-refractivity contribution in [2.75, 3.05) is 0 Å². The molecule has 0 unspecified atom stereocenters. The summed E-state index contributed by atoms with van der Waals surface area (Å²) in [5, 5.41) is 4.15.